The minimum absolute atomic E-state index is 0.127. The van der Waals surface area contributed by atoms with E-state index >= 15 is 0 Å². The van der Waals surface area contributed by atoms with Crippen molar-refractivity contribution in [3.63, 3.8) is 0 Å². The van der Waals surface area contributed by atoms with Crippen LogP contribution in [0.25, 0.3) is 10.9 Å². The van der Waals surface area contributed by atoms with Crippen LogP contribution >= 0.6 is 0 Å². The number of amides is 1. The molecule has 0 radical (unpaired) electrons. The average molecular weight is 452 g/mol. The largest absolute Gasteiger partial charge is 0.611 e. The maximum atomic E-state index is 12.7. The van der Waals surface area contributed by atoms with Crippen molar-refractivity contribution >= 4 is 39.9 Å². The summed E-state index contributed by atoms with van der Waals surface area (Å²) in [5.74, 6) is 1.96. The second-order valence-electron chi connectivity index (χ2n) is 8.33. The van der Waals surface area contributed by atoms with Crippen LogP contribution in [0.2, 0.25) is 0 Å². The van der Waals surface area contributed by atoms with Gasteiger partial charge in [-0.2, -0.15) is 4.98 Å². The third-order valence-corrected chi connectivity index (χ3v) is 7.49. The van der Waals surface area contributed by atoms with Gasteiger partial charge in [0.2, 0.25) is 5.95 Å². The molecule has 8 nitrogen and oxygen atoms in total. The van der Waals surface area contributed by atoms with Crippen LogP contribution in [0.5, 0.6) is 0 Å². The third kappa shape index (κ3) is 4.05. The first kappa shape index (κ1) is 20.8. The van der Waals surface area contributed by atoms with Gasteiger partial charge in [-0.15, -0.1) is 0 Å². The average Bonchev–Trinajstić information content (AvgIpc) is 3.16. The van der Waals surface area contributed by atoms with Gasteiger partial charge in [0, 0.05) is 24.0 Å². The number of hydrogen-bond donors (Lipinski definition) is 2. The first-order valence-corrected chi connectivity index (χ1v) is 12.0. The number of carboxylic acid groups (broad SMARTS) is 1. The van der Waals surface area contributed by atoms with Crippen LogP contribution in [0.3, 0.4) is 0 Å². The first-order valence-electron chi connectivity index (χ1n) is 10.7. The smallest absolute Gasteiger partial charge is 0.404 e. The van der Waals surface area contributed by atoms with E-state index in [0.717, 1.165) is 45.7 Å². The molecule has 2 aliphatic rings. The fraction of sp³-hybridized carbons (Fsp3) is 0.348. The molecule has 2 atom stereocenters. The zero-order valence-corrected chi connectivity index (χ0v) is 18.6. The van der Waals surface area contributed by atoms with Gasteiger partial charge in [0.25, 0.3) is 0 Å². The Morgan fingerprint density at radius 1 is 1.19 bits per heavy atom. The van der Waals surface area contributed by atoms with E-state index in [9.17, 15) is 9.35 Å². The van der Waals surface area contributed by atoms with Gasteiger partial charge in [-0.3, -0.25) is 0 Å². The third-order valence-electron chi connectivity index (χ3n) is 6.04. The molecule has 166 valence electrons. The van der Waals surface area contributed by atoms with Crippen molar-refractivity contribution in [2.75, 3.05) is 35.2 Å². The minimum atomic E-state index is -1.05. The highest BCUT2D eigenvalue weighted by atomic mass is 32.2. The topological polar surface area (TPSA) is 105 Å². The van der Waals surface area contributed by atoms with Crippen LogP contribution in [0.15, 0.2) is 47.4 Å². The molecule has 1 saturated heterocycles. The summed E-state index contributed by atoms with van der Waals surface area (Å²) in [5, 5.41) is 12.6. The van der Waals surface area contributed by atoms with E-state index in [-0.39, 0.29) is 6.04 Å². The number of aryl methyl sites for hydroxylation is 1. The molecule has 1 fully saturated rings. The predicted molar refractivity (Wildman–Crippen MR) is 125 cm³/mol. The molecule has 3 aromatic rings. The van der Waals surface area contributed by atoms with Crippen molar-refractivity contribution in [1.82, 2.24) is 15.3 Å². The number of carbonyl (C=O) groups is 1. The monoisotopic (exact) mass is 451 g/mol. The maximum Gasteiger partial charge on any atom is 0.404 e. The number of nitrogens with one attached hydrogen (secondary N) is 1. The molecule has 3 heterocycles. The van der Waals surface area contributed by atoms with E-state index in [4.69, 9.17) is 15.1 Å². The van der Waals surface area contributed by atoms with Crippen molar-refractivity contribution in [3.05, 3.63) is 53.6 Å². The van der Waals surface area contributed by atoms with Gasteiger partial charge >= 0.3 is 6.09 Å². The summed E-state index contributed by atoms with van der Waals surface area (Å²) in [6.45, 7) is 4.52. The highest BCUT2D eigenvalue weighted by molar-refractivity contribution is 7.91. The summed E-state index contributed by atoms with van der Waals surface area (Å²) < 4.78 is 12.7. The molecule has 2 aromatic carbocycles. The van der Waals surface area contributed by atoms with Crippen LogP contribution in [0.4, 0.5) is 16.6 Å². The van der Waals surface area contributed by atoms with Gasteiger partial charge in [0.1, 0.15) is 11.6 Å². The lowest BCUT2D eigenvalue weighted by atomic mass is 10.1. The standard InChI is InChI=1S/C23H25N5O3S/c1-15-6-7-19-18(12-15)21(27-9-8-17(14-27)24-23(29)30)26-22(25-19)28-10-11-32(31)20-5-3-2-4-16(20)13-28/h2-7,12,17,24H,8-11,13-14H2,1H3,(H,29,30). The molecule has 1 amide bonds. The molecule has 2 unspecified atom stereocenters. The van der Waals surface area contributed by atoms with Crippen molar-refractivity contribution in [2.24, 2.45) is 0 Å². The number of nitrogens with zero attached hydrogens (tertiary/aromatic N) is 4. The fourth-order valence-electron chi connectivity index (χ4n) is 4.46. The summed E-state index contributed by atoms with van der Waals surface area (Å²) >= 11 is -1.05. The van der Waals surface area contributed by atoms with E-state index in [1.807, 2.05) is 43.3 Å². The van der Waals surface area contributed by atoms with E-state index < -0.39 is 17.3 Å². The molecular formula is C23H25N5O3S. The minimum Gasteiger partial charge on any atom is -0.611 e. The van der Waals surface area contributed by atoms with Gasteiger partial charge in [-0.1, -0.05) is 29.8 Å². The molecule has 2 N–H and O–H groups in total. The summed E-state index contributed by atoms with van der Waals surface area (Å²) in [6, 6.07) is 13.8. The van der Waals surface area contributed by atoms with Crippen LogP contribution in [0.1, 0.15) is 17.5 Å². The quantitative estimate of drug-likeness (QED) is 0.590. The zero-order valence-electron chi connectivity index (χ0n) is 17.8. The number of aromatic nitrogens is 2. The van der Waals surface area contributed by atoms with Crippen LogP contribution < -0.4 is 15.1 Å². The molecule has 5 rings (SSSR count). The second-order valence-corrected chi connectivity index (χ2v) is 9.87. The number of rotatable bonds is 3. The van der Waals surface area contributed by atoms with E-state index in [0.29, 0.717) is 31.3 Å². The Morgan fingerprint density at radius 2 is 2.03 bits per heavy atom. The van der Waals surface area contributed by atoms with E-state index in [1.54, 1.807) is 0 Å². The molecule has 0 spiro atoms. The molecular weight excluding hydrogens is 426 g/mol. The van der Waals surface area contributed by atoms with E-state index in [1.165, 1.54) is 0 Å². The summed E-state index contributed by atoms with van der Waals surface area (Å²) in [6.07, 6.45) is -0.271. The van der Waals surface area contributed by atoms with E-state index in [2.05, 4.69) is 21.2 Å². The van der Waals surface area contributed by atoms with Gasteiger partial charge < -0.3 is 24.8 Å². The summed E-state index contributed by atoms with van der Waals surface area (Å²) in [5.41, 5.74) is 3.00. The first-order chi connectivity index (χ1) is 15.5. The number of fused-ring (bicyclic) bond motifs is 2. The number of benzene rings is 2. The summed E-state index contributed by atoms with van der Waals surface area (Å²) in [4.78, 5) is 26.0. The van der Waals surface area contributed by atoms with Crippen molar-refractivity contribution in [2.45, 2.75) is 30.8 Å². The van der Waals surface area contributed by atoms with Gasteiger partial charge in [-0.05, 0) is 42.7 Å². The Morgan fingerprint density at radius 3 is 2.88 bits per heavy atom. The Hall–Kier alpha value is -3.04. The normalized spacial score (nSPS) is 20.8. The Balaban J connectivity index is 1.54. The number of anilines is 2. The lowest BCUT2D eigenvalue weighted by Crippen LogP contribution is -2.36. The number of hydrogen-bond acceptors (Lipinski definition) is 6. The molecule has 0 saturated carbocycles. The fourth-order valence-corrected chi connectivity index (χ4v) is 5.72. The molecule has 9 heteroatoms. The molecule has 1 aromatic heterocycles. The van der Waals surface area contributed by atoms with Crippen LogP contribution in [-0.2, 0) is 17.7 Å². The lowest BCUT2D eigenvalue weighted by molar-refractivity contribution is 0.191. The highest BCUT2D eigenvalue weighted by Gasteiger charge is 2.29. The van der Waals surface area contributed by atoms with Gasteiger partial charge in [0.05, 0.1) is 24.6 Å². The van der Waals surface area contributed by atoms with Gasteiger partial charge in [0.15, 0.2) is 4.90 Å². The zero-order chi connectivity index (χ0) is 22.2. The highest BCUT2D eigenvalue weighted by Crippen LogP contribution is 2.32. The molecule has 2 aliphatic heterocycles. The van der Waals surface area contributed by atoms with Crippen LogP contribution in [0, 0.1) is 6.92 Å². The Labute approximate surface area is 189 Å². The molecule has 0 bridgehead atoms. The van der Waals surface area contributed by atoms with Gasteiger partial charge in [-0.25, -0.2) is 9.78 Å². The van der Waals surface area contributed by atoms with Crippen molar-refractivity contribution in [3.8, 4) is 0 Å². The molecule has 32 heavy (non-hydrogen) atoms. The Kier molecular flexibility index (Phi) is 5.52. The van der Waals surface area contributed by atoms with Crippen molar-refractivity contribution in [1.29, 1.82) is 0 Å². The second kappa shape index (κ2) is 8.48. The molecule has 0 aliphatic carbocycles. The lowest BCUT2D eigenvalue weighted by Gasteiger charge is -2.24. The van der Waals surface area contributed by atoms with Crippen LogP contribution in [-0.4, -0.2) is 57.1 Å². The summed E-state index contributed by atoms with van der Waals surface area (Å²) in [7, 11) is 0. The van der Waals surface area contributed by atoms with Crippen molar-refractivity contribution < 1.29 is 14.5 Å². The predicted octanol–water partition coefficient (Wildman–Crippen LogP) is 2.91. The Bertz CT molecular complexity index is 1170. The SMILES string of the molecule is Cc1ccc2nc(N3CC[S+]([O-])c4ccccc4C3)nc(N3CCC(NC(=O)O)C3)c2c1. The maximum absolute atomic E-state index is 12.7.